The molecular weight excluding hydrogens is 157 g/mol. The molecule has 0 bridgehead atoms. The number of nitrogens with zero attached hydrogens (tertiary/aromatic N) is 2. The number of hydrogen-bond donors (Lipinski definition) is 1. The minimum atomic E-state index is -0.569. The van der Waals surface area contributed by atoms with Gasteiger partial charge in [-0.05, 0) is 17.7 Å². The highest BCUT2D eigenvalue weighted by Crippen LogP contribution is 2.12. The molecule has 0 saturated heterocycles. The van der Waals surface area contributed by atoms with Gasteiger partial charge in [0.15, 0.2) is 0 Å². The first-order valence-electron chi connectivity index (χ1n) is 3.48. The maximum absolute atomic E-state index is 12.5. The number of pyridine rings is 1. The second-order valence-electron chi connectivity index (χ2n) is 2.38. The van der Waals surface area contributed by atoms with Gasteiger partial charge in [0.05, 0.1) is 12.5 Å². The summed E-state index contributed by atoms with van der Waals surface area (Å²) < 4.78 is 12.5. The minimum Gasteiger partial charge on any atom is -0.323 e. The van der Waals surface area contributed by atoms with Gasteiger partial charge in [0, 0.05) is 12.2 Å². The summed E-state index contributed by atoms with van der Waals surface area (Å²) in [5, 5.41) is 8.33. The van der Waals surface area contributed by atoms with Crippen molar-refractivity contribution < 1.29 is 4.39 Å². The standard InChI is InChI=1S/C8H8FN3/c9-8-5-6(2-4-12-8)7(11)1-3-10/h2,4-5,7H,1,11H2/t7-/m0/s1. The summed E-state index contributed by atoms with van der Waals surface area (Å²) in [5.41, 5.74) is 6.16. The van der Waals surface area contributed by atoms with Crippen LogP contribution in [-0.2, 0) is 0 Å². The number of nitriles is 1. The molecule has 0 fully saturated rings. The Morgan fingerprint density at radius 2 is 2.50 bits per heavy atom. The molecule has 0 aliphatic rings. The Balaban J connectivity index is 2.82. The lowest BCUT2D eigenvalue weighted by molar-refractivity contribution is 0.577. The Bertz CT molecular complexity index is 305. The van der Waals surface area contributed by atoms with E-state index in [4.69, 9.17) is 11.0 Å². The van der Waals surface area contributed by atoms with Crippen molar-refractivity contribution in [3.63, 3.8) is 0 Å². The van der Waals surface area contributed by atoms with E-state index in [1.165, 1.54) is 12.3 Å². The molecule has 2 N–H and O–H groups in total. The molecule has 0 spiro atoms. The smallest absolute Gasteiger partial charge is 0.213 e. The van der Waals surface area contributed by atoms with Crippen LogP contribution in [0.25, 0.3) is 0 Å². The third kappa shape index (κ3) is 2.01. The molecule has 62 valence electrons. The van der Waals surface area contributed by atoms with Crippen LogP contribution in [0.15, 0.2) is 18.3 Å². The third-order valence-electron chi connectivity index (χ3n) is 1.49. The molecular formula is C8H8FN3. The molecule has 1 aromatic heterocycles. The summed E-state index contributed by atoms with van der Waals surface area (Å²) >= 11 is 0. The van der Waals surface area contributed by atoms with Gasteiger partial charge in [-0.3, -0.25) is 0 Å². The second-order valence-corrected chi connectivity index (χ2v) is 2.38. The highest BCUT2D eigenvalue weighted by molar-refractivity contribution is 5.16. The Morgan fingerprint density at radius 1 is 1.75 bits per heavy atom. The molecule has 12 heavy (non-hydrogen) atoms. The van der Waals surface area contributed by atoms with Crippen molar-refractivity contribution in [2.75, 3.05) is 0 Å². The van der Waals surface area contributed by atoms with Crippen molar-refractivity contribution in [1.82, 2.24) is 4.98 Å². The Labute approximate surface area is 69.6 Å². The molecule has 0 aliphatic heterocycles. The molecule has 0 unspecified atom stereocenters. The summed E-state index contributed by atoms with van der Waals surface area (Å²) in [4.78, 5) is 3.38. The van der Waals surface area contributed by atoms with E-state index in [0.717, 1.165) is 0 Å². The molecule has 0 aliphatic carbocycles. The average Bonchev–Trinajstić information content (AvgIpc) is 2.05. The van der Waals surface area contributed by atoms with Crippen LogP contribution < -0.4 is 5.73 Å². The lowest BCUT2D eigenvalue weighted by Gasteiger charge is -2.05. The van der Waals surface area contributed by atoms with Gasteiger partial charge in [-0.2, -0.15) is 9.65 Å². The minimum absolute atomic E-state index is 0.184. The maximum atomic E-state index is 12.5. The van der Waals surface area contributed by atoms with Crippen molar-refractivity contribution >= 4 is 0 Å². The fourth-order valence-corrected chi connectivity index (χ4v) is 0.864. The fourth-order valence-electron chi connectivity index (χ4n) is 0.864. The average molecular weight is 165 g/mol. The monoisotopic (exact) mass is 165 g/mol. The van der Waals surface area contributed by atoms with E-state index < -0.39 is 12.0 Å². The fraction of sp³-hybridized carbons (Fsp3) is 0.250. The summed E-state index contributed by atoms with van der Waals surface area (Å²) in [6, 6.07) is 4.33. The number of nitrogens with two attached hydrogens (primary N) is 1. The molecule has 1 atom stereocenters. The van der Waals surface area contributed by atoms with Crippen LogP contribution in [0.1, 0.15) is 18.0 Å². The Hall–Kier alpha value is -1.47. The van der Waals surface area contributed by atoms with Crippen molar-refractivity contribution in [3.05, 3.63) is 29.8 Å². The van der Waals surface area contributed by atoms with E-state index >= 15 is 0 Å². The van der Waals surface area contributed by atoms with Gasteiger partial charge in [-0.25, -0.2) is 4.98 Å². The first kappa shape index (κ1) is 8.62. The molecule has 1 aromatic rings. The van der Waals surface area contributed by atoms with E-state index in [1.807, 2.05) is 6.07 Å². The van der Waals surface area contributed by atoms with Crippen LogP contribution in [0.3, 0.4) is 0 Å². The summed E-state index contributed by atoms with van der Waals surface area (Å²) in [6.07, 6.45) is 1.52. The van der Waals surface area contributed by atoms with Crippen LogP contribution >= 0.6 is 0 Å². The first-order chi connectivity index (χ1) is 5.74. The van der Waals surface area contributed by atoms with Crippen molar-refractivity contribution in [1.29, 1.82) is 5.26 Å². The van der Waals surface area contributed by atoms with Crippen molar-refractivity contribution in [3.8, 4) is 6.07 Å². The van der Waals surface area contributed by atoms with Crippen LogP contribution in [-0.4, -0.2) is 4.98 Å². The molecule has 1 heterocycles. The zero-order valence-corrected chi connectivity index (χ0v) is 6.37. The summed E-state index contributed by atoms with van der Waals surface area (Å²) in [6.45, 7) is 0. The van der Waals surface area contributed by atoms with Gasteiger partial charge in [-0.15, -0.1) is 0 Å². The zero-order chi connectivity index (χ0) is 8.97. The lowest BCUT2D eigenvalue weighted by Crippen LogP contribution is -2.09. The van der Waals surface area contributed by atoms with Gasteiger partial charge in [0.1, 0.15) is 0 Å². The highest BCUT2D eigenvalue weighted by Gasteiger charge is 2.05. The quantitative estimate of drug-likeness (QED) is 0.668. The number of hydrogen-bond acceptors (Lipinski definition) is 3. The lowest BCUT2D eigenvalue weighted by atomic mass is 10.1. The van der Waals surface area contributed by atoms with Crippen LogP contribution in [0, 0.1) is 17.3 Å². The predicted molar refractivity (Wildman–Crippen MR) is 41.4 cm³/mol. The molecule has 0 amide bonds. The molecule has 0 aromatic carbocycles. The SMILES string of the molecule is N#CC[C@H](N)c1ccnc(F)c1. The van der Waals surface area contributed by atoms with Crippen LogP contribution in [0.2, 0.25) is 0 Å². The predicted octanol–water partition coefficient (Wildman–Crippen LogP) is 1.13. The van der Waals surface area contributed by atoms with Gasteiger partial charge < -0.3 is 5.73 Å². The largest absolute Gasteiger partial charge is 0.323 e. The van der Waals surface area contributed by atoms with Crippen LogP contribution in [0.5, 0.6) is 0 Å². The van der Waals surface area contributed by atoms with Crippen molar-refractivity contribution in [2.45, 2.75) is 12.5 Å². The second kappa shape index (κ2) is 3.79. The van der Waals surface area contributed by atoms with Gasteiger partial charge in [0.2, 0.25) is 5.95 Å². The van der Waals surface area contributed by atoms with Crippen molar-refractivity contribution in [2.24, 2.45) is 5.73 Å². The molecule has 4 heteroatoms. The van der Waals surface area contributed by atoms with Gasteiger partial charge in [0.25, 0.3) is 0 Å². The number of aromatic nitrogens is 1. The summed E-state index contributed by atoms with van der Waals surface area (Å²) in [5.74, 6) is -0.569. The highest BCUT2D eigenvalue weighted by atomic mass is 19.1. The summed E-state index contributed by atoms with van der Waals surface area (Å²) in [7, 11) is 0. The van der Waals surface area contributed by atoms with Gasteiger partial charge >= 0.3 is 0 Å². The number of rotatable bonds is 2. The Kier molecular flexibility index (Phi) is 2.72. The van der Waals surface area contributed by atoms with E-state index in [-0.39, 0.29) is 6.42 Å². The molecule has 1 rings (SSSR count). The third-order valence-corrected chi connectivity index (χ3v) is 1.49. The van der Waals surface area contributed by atoms with E-state index in [1.54, 1.807) is 6.07 Å². The zero-order valence-electron chi connectivity index (χ0n) is 6.37. The van der Waals surface area contributed by atoms with E-state index in [2.05, 4.69) is 4.98 Å². The van der Waals surface area contributed by atoms with E-state index in [9.17, 15) is 4.39 Å². The topological polar surface area (TPSA) is 62.7 Å². The van der Waals surface area contributed by atoms with Crippen LogP contribution in [0.4, 0.5) is 4.39 Å². The number of halogens is 1. The van der Waals surface area contributed by atoms with E-state index in [0.29, 0.717) is 5.56 Å². The maximum Gasteiger partial charge on any atom is 0.213 e. The molecule has 3 nitrogen and oxygen atoms in total. The normalized spacial score (nSPS) is 12.1. The van der Waals surface area contributed by atoms with Gasteiger partial charge in [-0.1, -0.05) is 0 Å². The first-order valence-corrected chi connectivity index (χ1v) is 3.48. The molecule has 0 saturated carbocycles. The molecule has 0 radical (unpaired) electrons. The Morgan fingerprint density at radius 3 is 3.08 bits per heavy atom.